The molecule has 0 spiro atoms. The van der Waals surface area contributed by atoms with Gasteiger partial charge in [-0.15, -0.1) is 5.10 Å². The van der Waals surface area contributed by atoms with Gasteiger partial charge in [-0.1, -0.05) is 6.07 Å². The van der Waals surface area contributed by atoms with Crippen LogP contribution in [-0.2, 0) is 12.8 Å². The molecule has 2 aliphatic heterocycles. The van der Waals surface area contributed by atoms with Crippen molar-refractivity contribution in [2.24, 2.45) is 0 Å². The predicted molar refractivity (Wildman–Crippen MR) is 131 cm³/mol. The summed E-state index contributed by atoms with van der Waals surface area (Å²) in [6.07, 6.45) is 4.85. The Labute approximate surface area is 212 Å². The van der Waals surface area contributed by atoms with E-state index in [4.69, 9.17) is 14.2 Å². The number of tetrazole rings is 1. The van der Waals surface area contributed by atoms with E-state index < -0.39 is 0 Å². The number of methoxy groups -OCH3 is 1. The van der Waals surface area contributed by atoms with Crippen molar-refractivity contribution in [3.63, 3.8) is 0 Å². The van der Waals surface area contributed by atoms with Gasteiger partial charge in [-0.25, -0.2) is 4.98 Å². The van der Waals surface area contributed by atoms with Gasteiger partial charge < -0.3 is 24.5 Å². The summed E-state index contributed by atoms with van der Waals surface area (Å²) < 4.78 is 18.9. The summed E-state index contributed by atoms with van der Waals surface area (Å²) in [4.78, 5) is 22.1. The van der Waals surface area contributed by atoms with Gasteiger partial charge in [0.1, 0.15) is 6.04 Å². The van der Waals surface area contributed by atoms with Crippen LogP contribution in [0.25, 0.3) is 5.69 Å². The normalized spacial score (nSPS) is 16.4. The second-order valence-corrected chi connectivity index (χ2v) is 8.93. The van der Waals surface area contributed by atoms with Crippen LogP contribution in [0.4, 0.5) is 0 Å². The van der Waals surface area contributed by atoms with Gasteiger partial charge in [0.2, 0.25) is 12.5 Å². The summed E-state index contributed by atoms with van der Waals surface area (Å²) in [6, 6.07) is 8.97. The lowest BCUT2D eigenvalue weighted by Gasteiger charge is -2.34. The van der Waals surface area contributed by atoms with E-state index in [-0.39, 0.29) is 18.7 Å². The molecule has 4 aromatic rings. The Hall–Kier alpha value is -4.45. The number of aromatic nitrogens is 6. The average Bonchev–Trinajstić information content (AvgIpc) is 3.69. The van der Waals surface area contributed by atoms with E-state index in [9.17, 15) is 4.79 Å². The topological polar surface area (TPSA) is 132 Å². The molecule has 6 rings (SSSR count). The molecule has 2 aliphatic rings. The Morgan fingerprint density at radius 2 is 2.22 bits per heavy atom. The number of nitrogens with zero attached hydrogens (tertiary/aromatic N) is 6. The molecule has 2 aromatic heterocycles. The highest BCUT2D eigenvalue weighted by Gasteiger charge is 2.37. The smallest absolute Gasteiger partial charge is 0.251 e. The van der Waals surface area contributed by atoms with E-state index in [1.165, 1.54) is 0 Å². The first-order chi connectivity index (χ1) is 18.1. The monoisotopic (exact) mass is 502 g/mol. The predicted octanol–water partition coefficient (Wildman–Crippen LogP) is 1.67. The van der Waals surface area contributed by atoms with Gasteiger partial charge in [0.25, 0.3) is 5.91 Å². The number of carbonyl (C=O) groups is 1. The maximum atomic E-state index is 12.8. The van der Waals surface area contributed by atoms with E-state index in [1.54, 1.807) is 36.4 Å². The summed E-state index contributed by atoms with van der Waals surface area (Å²) in [6.45, 7) is 1.44. The molecule has 0 fully saturated rings. The Morgan fingerprint density at radius 3 is 3.05 bits per heavy atom. The number of carbonyl (C=O) groups excluding carboxylic acids is 1. The molecule has 0 radical (unpaired) electrons. The van der Waals surface area contributed by atoms with Crippen LogP contribution in [-0.4, -0.2) is 75.0 Å². The van der Waals surface area contributed by atoms with Crippen LogP contribution in [0, 0.1) is 0 Å². The molecule has 0 saturated heterocycles. The number of imidazole rings is 1. The average molecular weight is 503 g/mol. The molecule has 1 atom stereocenters. The molecule has 0 saturated carbocycles. The van der Waals surface area contributed by atoms with E-state index in [1.807, 2.05) is 25.2 Å². The Morgan fingerprint density at radius 1 is 1.30 bits per heavy atom. The SMILES string of the molecule is COc1c2c(cc3c1C(c1nnnn1-c1cccc(C(=O)NCCc4cnc[nH]4)c1)N(C)CC3)OCO2. The van der Waals surface area contributed by atoms with Gasteiger partial charge in [-0.2, -0.15) is 4.68 Å². The molecular weight excluding hydrogens is 476 g/mol. The summed E-state index contributed by atoms with van der Waals surface area (Å²) in [5.74, 6) is 2.34. The Bertz CT molecular complexity index is 1430. The second kappa shape index (κ2) is 9.54. The number of hydrogen-bond acceptors (Lipinski definition) is 9. The first kappa shape index (κ1) is 23.0. The summed E-state index contributed by atoms with van der Waals surface area (Å²) >= 11 is 0. The van der Waals surface area contributed by atoms with Crippen molar-refractivity contribution in [2.75, 3.05) is 34.0 Å². The van der Waals surface area contributed by atoms with Crippen molar-refractivity contribution in [1.29, 1.82) is 0 Å². The van der Waals surface area contributed by atoms with Crippen molar-refractivity contribution in [2.45, 2.75) is 18.9 Å². The number of likely N-dealkylation sites (N-methyl/N-ethyl adjacent to an activating group) is 1. The van der Waals surface area contributed by atoms with Crippen LogP contribution in [0.1, 0.15) is 39.0 Å². The number of nitrogens with one attached hydrogen (secondary N) is 2. The number of ether oxygens (including phenoxy) is 3. The molecular formula is C25H26N8O4. The lowest BCUT2D eigenvalue weighted by atomic mass is 9.90. The minimum atomic E-state index is -0.296. The summed E-state index contributed by atoms with van der Waals surface area (Å²) in [5, 5.41) is 15.6. The first-order valence-electron chi connectivity index (χ1n) is 12.0. The lowest BCUT2D eigenvalue weighted by Crippen LogP contribution is -2.35. The largest absolute Gasteiger partial charge is 0.492 e. The van der Waals surface area contributed by atoms with Crippen molar-refractivity contribution in [3.8, 4) is 22.9 Å². The molecule has 12 nitrogen and oxygen atoms in total. The molecule has 37 heavy (non-hydrogen) atoms. The molecule has 0 aliphatic carbocycles. The Balaban J connectivity index is 1.32. The van der Waals surface area contributed by atoms with Crippen molar-refractivity contribution < 1.29 is 19.0 Å². The van der Waals surface area contributed by atoms with Crippen LogP contribution in [0.3, 0.4) is 0 Å². The van der Waals surface area contributed by atoms with Crippen LogP contribution in [0.2, 0.25) is 0 Å². The third-order valence-electron chi connectivity index (χ3n) is 6.72. The molecule has 0 bridgehead atoms. The minimum absolute atomic E-state index is 0.156. The fourth-order valence-corrected chi connectivity index (χ4v) is 4.92. The number of benzene rings is 2. The minimum Gasteiger partial charge on any atom is -0.492 e. The number of aromatic amines is 1. The van der Waals surface area contributed by atoms with Crippen LogP contribution in [0.5, 0.6) is 17.2 Å². The third-order valence-corrected chi connectivity index (χ3v) is 6.72. The maximum absolute atomic E-state index is 12.8. The number of H-pyrrole nitrogens is 1. The van der Waals surface area contributed by atoms with Crippen molar-refractivity contribution in [1.82, 2.24) is 40.4 Å². The zero-order valence-electron chi connectivity index (χ0n) is 20.5. The van der Waals surface area contributed by atoms with Gasteiger partial charge >= 0.3 is 0 Å². The molecule has 12 heteroatoms. The molecule has 4 heterocycles. The van der Waals surface area contributed by atoms with Gasteiger partial charge in [-0.05, 0) is 53.7 Å². The highest BCUT2D eigenvalue weighted by atomic mass is 16.7. The fourth-order valence-electron chi connectivity index (χ4n) is 4.92. The Kier molecular flexibility index (Phi) is 5.93. The van der Waals surface area contributed by atoms with Crippen molar-refractivity contribution in [3.05, 3.63) is 71.1 Å². The van der Waals surface area contributed by atoms with E-state index in [2.05, 4.69) is 35.7 Å². The lowest BCUT2D eigenvalue weighted by molar-refractivity contribution is 0.0954. The zero-order chi connectivity index (χ0) is 25.4. The van der Waals surface area contributed by atoms with Gasteiger partial charge in [0.05, 0.1) is 19.1 Å². The highest BCUT2D eigenvalue weighted by molar-refractivity contribution is 5.94. The fraction of sp³-hybridized carbons (Fsp3) is 0.320. The van der Waals surface area contributed by atoms with Gasteiger partial charge in [0.15, 0.2) is 17.3 Å². The third kappa shape index (κ3) is 4.14. The number of fused-ring (bicyclic) bond motifs is 2. The van der Waals surface area contributed by atoms with Gasteiger partial charge in [-0.3, -0.25) is 9.69 Å². The quantitative estimate of drug-likeness (QED) is 0.387. The number of hydrogen-bond donors (Lipinski definition) is 2. The summed E-state index contributed by atoms with van der Waals surface area (Å²) in [7, 11) is 3.65. The number of rotatable bonds is 7. The van der Waals surface area contributed by atoms with E-state index >= 15 is 0 Å². The van der Waals surface area contributed by atoms with Crippen LogP contribution in [0.15, 0.2) is 42.9 Å². The van der Waals surface area contributed by atoms with E-state index in [0.29, 0.717) is 47.3 Å². The van der Waals surface area contributed by atoms with Crippen LogP contribution < -0.4 is 19.5 Å². The maximum Gasteiger partial charge on any atom is 0.251 e. The standard InChI is InChI=1S/C25H26N8O4/c1-32-9-7-15-11-19-22(37-14-36-19)23(35-2)20(15)21(32)24-29-30-31-33(24)18-5-3-4-16(10-18)25(34)27-8-6-17-12-26-13-28-17/h3-5,10-13,21H,6-9,14H2,1-2H3,(H,26,28)(H,27,34). The van der Waals surface area contributed by atoms with Crippen molar-refractivity contribution >= 4 is 5.91 Å². The molecule has 1 amide bonds. The second-order valence-electron chi connectivity index (χ2n) is 8.93. The zero-order valence-corrected chi connectivity index (χ0v) is 20.5. The first-order valence-corrected chi connectivity index (χ1v) is 12.0. The summed E-state index contributed by atoms with van der Waals surface area (Å²) in [5.41, 5.74) is 4.21. The van der Waals surface area contributed by atoms with Gasteiger partial charge in [0, 0.05) is 42.5 Å². The number of amides is 1. The molecule has 2 aromatic carbocycles. The van der Waals surface area contributed by atoms with Crippen LogP contribution >= 0.6 is 0 Å². The van der Waals surface area contributed by atoms with E-state index in [0.717, 1.165) is 29.8 Å². The molecule has 190 valence electrons. The highest BCUT2D eigenvalue weighted by Crippen LogP contribution is 2.50. The molecule has 2 N–H and O–H groups in total. The molecule has 1 unspecified atom stereocenters.